The first-order valence-electron chi connectivity index (χ1n) is 7.57. The zero-order valence-corrected chi connectivity index (χ0v) is 14.7. The first-order chi connectivity index (χ1) is 11.7. The average molecular weight is 351 g/mol. The molecule has 1 amide bonds. The van der Waals surface area contributed by atoms with Crippen LogP contribution in [0.4, 0.5) is 5.69 Å². The molecule has 25 heavy (non-hydrogen) atoms. The van der Waals surface area contributed by atoms with Crippen molar-refractivity contribution in [3.05, 3.63) is 17.7 Å². The third-order valence-electron chi connectivity index (χ3n) is 4.56. The van der Waals surface area contributed by atoms with Crippen LogP contribution in [0.2, 0.25) is 0 Å². The van der Waals surface area contributed by atoms with Crippen LogP contribution in [-0.2, 0) is 14.3 Å². The van der Waals surface area contributed by atoms with Gasteiger partial charge in [0.1, 0.15) is 0 Å². The highest BCUT2D eigenvalue weighted by Gasteiger charge is 2.65. The summed E-state index contributed by atoms with van der Waals surface area (Å²) in [5, 5.41) is 11.8. The van der Waals surface area contributed by atoms with Crippen LogP contribution >= 0.6 is 0 Å². The molecule has 1 aromatic rings. The molecule has 0 spiro atoms. The summed E-state index contributed by atoms with van der Waals surface area (Å²) >= 11 is 0. The van der Waals surface area contributed by atoms with E-state index in [1.807, 2.05) is 0 Å². The number of anilines is 1. The van der Waals surface area contributed by atoms with Crippen molar-refractivity contribution < 1.29 is 33.7 Å². The van der Waals surface area contributed by atoms with Crippen molar-refractivity contribution in [3.8, 4) is 11.5 Å². The van der Waals surface area contributed by atoms with Crippen molar-refractivity contribution in [2.24, 2.45) is 17.3 Å². The fourth-order valence-corrected chi connectivity index (χ4v) is 3.06. The Morgan fingerprint density at radius 2 is 1.60 bits per heavy atom. The highest BCUT2D eigenvalue weighted by atomic mass is 16.5. The Labute approximate surface area is 145 Å². The number of nitrogens with one attached hydrogen (secondary N) is 1. The number of hydrogen-bond acceptors (Lipinski definition) is 6. The van der Waals surface area contributed by atoms with Gasteiger partial charge in [-0.3, -0.25) is 9.59 Å². The molecule has 1 saturated carbocycles. The molecule has 2 rings (SSSR count). The number of methoxy groups -OCH3 is 3. The van der Waals surface area contributed by atoms with Crippen LogP contribution in [0.25, 0.3) is 0 Å². The number of carbonyl (C=O) groups excluding carboxylic acids is 2. The zero-order chi connectivity index (χ0) is 18.9. The molecule has 0 aromatic heterocycles. The van der Waals surface area contributed by atoms with Crippen LogP contribution in [0.3, 0.4) is 0 Å². The smallest absolute Gasteiger partial charge is 0.340 e. The number of carbonyl (C=O) groups is 3. The third-order valence-corrected chi connectivity index (χ3v) is 4.56. The molecule has 2 N–H and O–H groups in total. The molecule has 0 bridgehead atoms. The minimum Gasteiger partial charge on any atom is -0.493 e. The first-order valence-corrected chi connectivity index (χ1v) is 7.57. The summed E-state index contributed by atoms with van der Waals surface area (Å²) in [5.41, 5.74) is -0.405. The van der Waals surface area contributed by atoms with Gasteiger partial charge in [-0.25, -0.2) is 4.79 Å². The standard InChI is InChI=1S/C17H21NO7/c1-17(2)12(13(17)15(20)21)14(19)18-9-7-11(24-4)10(23-3)6-8(9)16(22)25-5/h6-7,12-13H,1-5H3,(H,18,19)(H,20,21)/t12-,13+/m1/s1. The molecular formula is C17H21NO7. The largest absolute Gasteiger partial charge is 0.493 e. The fourth-order valence-electron chi connectivity index (χ4n) is 3.06. The van der Waals surface area contributed by atoms with E-state index in [1.54, 1.807) is 13.8 Å². The van der Waals surface area contributed by atoms with Crippen LogP contribution in [-0.4, -0.2) is 44.3 Å². The van der Waals surface area contributed by atoms with Crippen molar-refractivity contribution in [2.75, 3.05) is 26.6 Å². The molecule has 1 aliphatic carbocycles. The summed E-state index contributed by atoms with van der Waals surface area (Å²) in [5.74, 6) is -3.01. The number of hydrogen-bond donors (Lipinski definition) is 2. The number of carboxylic acid groups (broad SMARTS) is 1. The maximum atomic E-state index is 12.5. The van der Waals surface area contributed by atoms with E-state index in [9.17, 15) is 19.5 Å². The van der Waals surface area contributed by atoms with Gasteiger partial charge in [0.25, 0.3) is 0 Å². The predicted octanol–water partition coefficient (Wildman–Crippen LogP) is 1.79. The van der Waals surface area contributed by atoms with Gasteiger partial charge in [0.05, 0.1) is 44.4 Å². The molecule has 136 valence electrons. The van der Waals surface area contributed by atoms with E-state index in [0.29, 0.717) is 11.5 Å². The third kappa shape index (κ3) is 3.24. The van der Waals surface area contributed by atoms with Crippen molar-refractivity contribution >= 4 is 23.5 Å². The number of ether oxygens (including phenoxy) is 3. The molecule has 0 heterocycles. The summed E-state index contributed by atoms with van der Waals surface area (Å²) in [6.07, 6.45) is 0. The average Bonchev–Trinajstić information content (AvgIpc) is 3.16. The molecule has 1 fully saturated rings. The van der Waals surface area contributed by atoms with Gasteiger partial charge in [0, 0.05) is 12.1 Å². The summed E-state index contributed by atoms with van der Waals surface area (Å²) in [6, 6.07) is 2.83. The minimum absolute atomic E-state index is 0.0823. The summed E-state index contributed by atoms with van der Waals surface area (Å²) in [6.45, 7) is 3.43. The van der Waals surface area contributed by atoms with Crippen LogP contribution in [0.5, 0.6) is 11.5 Å². The van der Waals surface area contributed by atoms with Crippen LogP contribution in [0.15, 0.2) is 12.1 Å². The van der Waals surface area contributed by atoms with Gasteiger partial charge in [-0.2, -0.15) is 0 Å². The quantitative estimate of drug-likeness (QED) is 0.752. The molecule has 8 heteroatoms. The number of amides is 1. The monoisotopic (exact) mass is 351 g/mol. The van der Waals surface area contributed by atoms with E-state index >= 15 is 0 Å². The summed E-state index contributed by atoms with van der Waals surface area (Å²) < 4.78 is 15.1. The molecule has 1 aromatic carbocycles. The molecule has 8 nitrogen and oxygen atoms in total. The predicted molar refractivity (Wildman–Crippen MR) is 87.9 cm³/mol. The van der Waals surface area contributed by atoms with Crippen LogP contribution < -0.4 is 14.8 Å². The fraction of sp³-hybridized carbons (Fsp3) is 0.471. The van der Waals surface area contributed by atoms with Crippen LogP contribution in [0, 0.1) is 17.3 Å². The Kier molecular flexibility index (Phi) is 4.92. The number of rotatable bonds is 6. The van der Waals surface area contributed by atoms with Gasteiger partial charge in [-0.05, 0) is 5.41 Å². The minimum atomic E-state index is -1.02. The van der Waals surface area contributed by atoms with Gasteiger partial charge in [-0.1, -0.05) is 13.8 Å². The van der Waals surface area contributed by atoms with E-state index in [2.05, 4.69) is 5.32 Å². The van der Waals surface area contributed by atoms with Gasteiger partial charge in [-0.15, -0.1) is 0 Å². The maximum Gasteiger partial charge on any atom is 0.340 e. The van der Waals surface area contributed by atoms with E-state index in [1.165, 1.54) is 33.5 Å². The second kappa shape index (κ2) is 6.62. The lowest BCUT2D eigenvalue weighted by Crippen LogP contribution is -2.20. The molecule has 0 saturated heterocycles. The van der Waals surface area contributed by atoms with Crippen molar-refractivity contribution in [2.45, 2.75) is 13.8 Å². The van der Waals surface area contributed by atoms with E-state index < -0.39 is 35.1 Å². The Bertz CT molecular complexity index is 726. The number of aliphatic carboxylic acids is 1. The second-order valence-corrected chi connectivity index (χ2v) is 6.35. The van der Waals surface area contributed by atoms with Gasteiger partial charge < -0.3 is 24.6 Å². The topological polar surface area (TPSA) is 111 Å². The van der Waals surface area contributed by atoms with Crippen molar-refractivity contribution in [1.82, 2.24) is 0 Å². The Morgan fingerprint density at radius 3 is 2.04 bits per heavy atom. The van der Waals surface area contributed by atoms with E-state index in [0.717, 1.165) is 0 Å². The number of benzene rings is 1. The molecule has 0 aliphatic heterocycles. The molecular weight excluding hydrogens is 330 g/mol. The van der Waals surface area contributed by atoms with E-state index in [4.69, 9.17) is 14.2 Å². The number of carboxylic acids is 1. The van der Waals surface area contributed by atoms with Crippen molar-refractivity contribution in [3.63, 3.8) is 0 Å². The van der Waals surface area contributed by atoms with Gasteiger partial charge in [0.15, 0.2) is 11.5 Å². The van der Waals surface area contributed by atoms with Gasteiger partial charge in [0.2, 0.25) is 5.91 Å². The summed E-state index contributed by atoms with van der Waals surface area (Å²) in [4.78, 5) is 35.8. The number of esters is 1. The molecule has 0 radical (unpaired) electrons. The Morgan fingerprint density at radius 1 is 1.04 bits per heavy atom. The lowest BCUT2D eigenvalue weighted by Gasteiger charge is -2.15. The lowest BCUT2D eigenvalue weighted by molar-refractivity contribution is -0.140. The van der Waals surface area contributed by atoms with Crippen LogP contribution in [0.1, 0.15) is 24.2 Å². The lowest BCUT2D eigenvalue weighted by atomic mass is 10.1. The highest BCUT2D eigenvalue weighted by Crippen LogP contribution is 2.58. The zero-order valence-electron chi connectivity index (χ0n) is 14.7. The SMILES string of the molecule is COC(=O)c1cc(OC)c(OC)cc1NC(=O)[C@H]1[C@@H](C(=O)O)C1(C)C. The second-order valence-electron chi connectivity index (χ2n) is 6.35. The highest BCUT2D eigenvalue weighted by molar-refractivity contribution is 6.05. The Hall–Kier alpha value is -2.77. The first kappa shape index (κ1) is 18.6. The molecule has 2 atom stereocenters. The normalized spacial score (nSPS) is 20.4. The van der Waals surface area contributed by atoms with Gasteiger partial charge >= 0.3 is 11.9 Å². The van der Waals surface area contributed by atoms with Crippen molar-refractivity contribution in [1.29, 1.82) is 0 Å². The maximum absolute atomic E-state index is 12.5. The molecule has 0 unspecified atom stereocenters. The Balaban J connectivity index is 2.36. The molecule has 1 aliphatic rings. The summed E-state index contributed by atoms with van der Waals surface area (Å²) in [7, 11) is 4.06. The van der Waals surface area contributed by atoms with E-state index in [-0.39, 0.29) is 11.3 Å².